The topological polar surface area (TPSA) is 67.4 Å². The number of benzene rings is 2. The van der Waals surface area contributed by atoms with Gasteiger partial charge in [-0.2, -0.15) is 0 Å². The highest BCUT2D eigenvalue weighted by Crippen LogP contribution is 2.15. The van der Waals surface area contributed by atoms with Crippen molar-refractivity contribution < 1.29 is 14.3 Å². The van der Waals surface area contributed by atoms with Crippen LogP contribution in [-0.4, -0.2) is 31.5 Å². The van der Waals surface area contributed by atoms with Gasteiger partial charge in [-0.15, -0.1) is 0 Å². The van der Waals surface area contributed by atoms with Crippen LogP contribution in [0.3, 0.4) is 0 Å². The Hall–Kier alpha value is -2.66. The van der Waals surface area contributed by atoms with Crippen molar-refractivity contribution in [2.75, 3.05) is 19.7 Å². The number of rotatable bonds is 9. The van der Waals surface area contributed by atoms with Crippen LogP contribution in [0.4, 0.5) is 0 Å². The second kappa shape index (κ2) is 10.3. The molecule has 5 heteroatoms. The first-order valence-corrected chi connectivity index (χ1v) is 8.43. The van der Waals surface area contributed by atoms with Gasteiger partial charge < -0.3 is 15.4 Å². The van der Waals surface area contributed by atoms with E-state index in [1.807, 2.05) is 43.3 Å². The van der Waals surface area contributed by atoms with E-state index < -0.39 is 0 Å². The quantitative estimate of drug-likeness (QED) is 0.690. The SMILES string of the molecule is CC(OCCCNC(=O)CNC(=O)c1ccccc1)c1ccccc1. The third-order valence-electron chi connectivity index (χ3n) is 3.73. The van der Waals surface area contributed by atoms with Crippen molar-refractivity contribution in [3.05, 3.63) is 71.8 Å². The van der Waals surface area contributed by atoms with Crippen LogP contribution in [-0.2, 0) is 9.53 Å². The van der Waals surface area contributed by atoms with Gasteiger partial charge in [-0.3, -0.25) is 9.59 Å². The van der Waals surface area contributed by atoms with Crippen LogP contribution in [0, 0.1) is 0 Å². The standard InChI is InChI=1S/C20H24N2O3/c1-16(17-9-4-2-5-10-17)25-14-8-13-21-19(23)15-22-20(24)18-11-6-3-7-12-18/h2-7,9-12,16H,8,13-15H2,1H3,(H,21,23)(H,22,24). The Bertz CT molecular complexity index is 659. The highest BCUT2D eigenvalue weighted by molar-refractivity contribution is 5.96. The van der Waals surface area contributed by atoms with Crippen molar-refractivity contribution in [2.24, 2.45) is 0 Å². The van der Waals surface area contributed by atoms with Crippen LogP contribution in [0.15, 0.2) is 60.7 Å². The molecule has 0 spiro atoms. The molecule has 0 aliphatic carbocycles. The molecule has 0 aromatic heterocycles. The van der Waals surface area contributed by atoms with Gasteiger partial charge in [-0.25, -0.2) is 0 Å². The van der Waals surface area contributed by atoms with Crippen LogP contribution < -0.4 is 10.6 Å². The molecule has 0 saturated heterocycles. The first-order valence-electron chi connectivity index (χ1n) is 8.43. The molecular weight excluding hydrogens is 316 g/mol. The van der Waals surface area contributed by atoms with Gasteiger partial charge in [-0.1, -0.05) is 48.5 Å². The largest absolute Gasteiger partial charge is 0.374 e. The van der Waals surface area contributed by atoms with Gasteiger partial charge in [0.15, 0.2) is 0 Å². The van der Waals surface area contributed by atoms with Crippen molar-refractivity contribution in [3.8, 4) is 0 Å². The summed E-state index contributed by atoms with van der Waals surface area (Å²) in [5.74, 6) is -0.462. The lowest BCUT2D eigenvalue weighted by Crippen LogP contribution is -2.37. The van der Waals surface area contributed by atoms with Crippen LogP contribution in [0.1, 0.15) is 35.4 Å². The third kappa shape index (κ3) is 6.77. The highest BCUT2D eigenvalue weighted by atomic mass is 16.5. The molecule has 2 aromatic carbocycles. The van der Waals surface area contributed by atoms with E-state index in [9.17, 15) is 9.59 Å². The summed E-state index contributed by atoms with van der Waals surface area (Å²) < 4.78 is 5.74. The predicted molar refractivity (Wildman–Crippen MR) is 97.2 cm³/mol. The molecule has 25 heavy (non-hydrogen) atoms. The maximum Gasteiger partial charge on any atom is 0.251 e. The number of nitrogens with one attached hydrogen (secondary N) is 2. The molecule has 0 aliphatic rings. The molecule has 0 saturated carbocycles. The van der Waals surface area contributed by atoms with Crippen molar-refractivity contribution in [3.63, 3.8) is 0 Å². The molecule has 1 atom stereocenters. The summed E-state index contributed by atoms with van der Waals surface area (Å²) in [6.45, 7) is 3.05. The van der Waals surface area contributed by atoms with Gasteiger partial charge >= 0.3 is 0 Å². The van der Waals surface area contributed by atoms with Crippen molar-refractivity contribution >= 4 is 11.8 Å². The molecule has 0 radical (unpaired) electrons. The van der Waals surface area contributed by atoms with E-state index in [1.54, 1.807) is 24.3 Å². The van der Waals surface area contributed by atoms with Gasteiger partial charge in [0.25, 0.3) is 5.91 Å². The van der Waals surface area contributed by atoms with E-state index >= 15 is 0 Å². The van der Waals surface area contributed by atoms with E-state index in [1.165, 1.54) is 0 Å². The lowest BCUT2D eigenvalue weighted by molar-refractivity contribution is -0.120. The number of amides is 2. The smallest absolute Gasteiger partial charge is 0.251 e. The summed E-state index contributed by atoms with van der Waals surface area (Å²) >= 11 is 0. The molecule has 132 valence electrons. The summed E-state index contributed by atoms with van der Waals surface area (Å²) in [5.41, 5.74) is 1.67. The number of hydrogen-bond donors (Lipinski definition) is 2. The first-order chi connectivity index (χ1) is 12.2. The van der Waals surface area contributed by atoms with E-state index in [0.29, 0.717) is 18.7 Å². The Morgan fingerprint density at radius 1 is 0.960 bits per heavy atom. The lowest BCUT2D eigenvalue weighted by atomic mass is 10.1. The predicted octanol–water partition coefficient (Wildman–Crippen LogP) is 2.70. The van der Waals surface area contributed by atoms with Crippen LogP contribution >= 0.6 is 0 Å². The number of hydrogen-bond acceptors (Lipinski definition) is 3. The fraction of sp³-hybridized carbons (Fsp3) is 0.300. The van der Waals surface area contributed by atoms with E-state index in [0.717, 1.165) is 12.0 Å². The molecule has 0 fully saturated rings. The average Bonchev–Trinajstić information content (AvgIpc) is 2.67. The Kier molecular flexibility index (Phi) is 7.66. The normalized spacial score (nSPS) is 11.6. The highest BCUT2D eigenvalue weighted by Gasteiger charge is 2.07. The summed E-state index contributed by atoms with van der Waals surface area (Å²) in [6, 6.07) is 18.8. The van der Waals surface area contributed by atoms with Gasteiger partial charge in [0.1, 0.15) is 0 Å². The molecule has 5 nitrogen and oxygen atoms in total. The second-order valence-electron chi connectivity index (χ2n) is 5.68. The molecular formula is C20H24N2O3. The summed E-state index contributed by atoms with van der Waals surface area (Å²) in [4.78, 5) is 23.6. The van der Waals surface area contributed by atoms with Crippen LogP contribution in [0.2, 0.25) is 0 Å². The molecule has 2 aromatic rings. The maximum absolute atomic E-state index is 11.8. The molecule has 0 aliphatic heterocycles. The van der Waals surface area contributed by atoms with Crippen molar-refractivity contribution in [1.29, 1.82) is 0 Å². The summed E-state index contributed by atoms with van der Waals surface area (Å²) in [5, 5.41) is 5.37. The molecule has 2 amide bonds. The Balaban J connectivity index is 1.56. The maximum atomic E-state index is 11.8. The summed E-state index contributed by atoms with van der Waals surface area (Å²) in [7, 11) is 0. The minimum atomic E-state index is -0.254. The van der Waals surface area contributed by atoms with Gasteiger partial charge in [0, 0.05) is 18.7 Å². The van der Waals surface area contributed by atoms with Gasteiger partial charge in [0.05, 0.1) is 12.6 Å². The minimum absolute atomic E-state index is 0.0297. The zero-order valence-electron chi connectivity index (χ0n) is 14.4. The van der Waals surface area contributed by atoms with E-state index in [4.69, 9.17) is 4.74 Å². The Labute approximate surface area is 148 Å². The van der Waals surface area contributed by atoms with E-state index in [-0.39, 0.29) is 24.5 Å². The molecule has 2 rings (SSSR count). The zero-order chi connectivity index (χ0) is 17.9. The Morgan fingerprint density at radius 2 is 1.60 bits per heavy atom. The van der Waals surface area contributed by atoms with Crippen molar-refractivity contribution in [1.82, 2.24) is 10.6 Å². The third-order valence-corrected chi connectivity index (χ3v) is 3.73. The van der Waals surface area contributed by atoms with Crippen LogP contribution in [0.5, 0.6) is 0 Å². The minimum Gasteiger partial charge on any atom is -0.374 e. The Morgan fingerprint density at radius 3 is 2.28 bits per heavy atom. The number of carbonyl (C=O) groups is 2. The molecule has 0 heterocycles. The number of carbonyl (C=O) groups excluding carboxylic acids is 2. The molecule has 2 N–H and O–H groups in total. The van der Waals surface area contributed by atoms with E-state index in [2.05, 4.69) is 10.6 Å². The molecule has 0 bridgehead atoms. The lowest BCUT2D eigenvalue weighted by Gasteiger charge is -2.13. The van der Waals surface area contributed by atoms with Crippen LogP contribution in [0.25, 0.3) is 0 Å². The first kappa shape index (κ1) is 18.7. The van der Waals surface area contributed by atoms with Gasteiger partial charge in [0.2, 0.25) is 5.91 Å². The fourth-order valence-electron chi connectivity index (χ4n) is 2.30. The fourth-order valence-corrected chi connectivity index (χ4v) is 2.30. The van der Waals surface area contributed by atoms with Crippen molar-refractivity contribution in [2.45, 2.75) is 19.4 Å². The number of ether oxygens (including phenoxy) is 1. The molecule has 1 unspecified atom stereocenters. The summed E-state index contributed by atoms with van der Waals surface area (Å²) in [6.07, 6.45) is 0.747. The monoisotopic (exact) mass is 340 g/mol. The van der Waals surface area contributed by atoms with Gasteiger partial charge in [-0.05, 0) is 31.0 Å². The zero-order valence-corrected chi connectivity index (χ0v) is 14.4. The average molecular weight is 340 g/mol. The second-order valence-corrected chi connectivity index (χ2v) is 5.68.